The molecule has 11 aliphatic rings. The van der Waals surface area contributed by atoms with Crippen molar-refractivity contribution in [2.75, 3.05) is 12.4 Å². The average molecular weight is 1730 g/mol. The number of phenolic OH excluding ortho intramolecular Hbond substituents is 3. The molecule has 1 heterocycles. The summed E-state index contributed by atoms with van der Waals surface area (Å²) in [6, 6.07) is 18.5. The summed E-state index contributed by atoms with van der Waals surface area (Å²) in [4.78, 5) is 48.4. The zero-order valence-corrected chi connectivity index (χ0v) is 67.0. The van der Waals surface area contributed by atoms with Crippen LogP contribution in [0.15, 0.2) is 109 Å². The SMILES string of the molecule is Cc1cc(O)c(C(C)C)cc1S(=O)(=O)[O-].Cc1cc(OC(=O)C23CC4CC(CC(C4)C2)C3)c(C(C)C)cc1S(=O)(=O)[O-].O=C1OC2C3CC(C2OC(=O)C24CC5CC(CC(C5)C2)C4)C(C(=O)OCCS(=O)(=O)[O-])C13.O=S(=O)([O-])c1c(F)c(F)c(F)c(F)c1F.O=S(=O)([O-])c1ccc(O)c2ccccc12.O=S(=O)([O-])c1ccc(O)cc1. The highest BCUT2D eigenvalue weighted by Gasteiger charge is 2.71. The van der Waals surface area contributed by atoms with Crippen LogP contribution in [0, 0.1) is 113 Å². The first-order valence-electron chi connectivity index (χ1n) is 36.1. The van der Waals surface area contributed by atoms with Gasteiger partial charge in [-0.3, -0.25) is 19.2 Å². The summed E-state index contributed by atoms with van der Waals surface area (Å²) in [7, 11) is -28.2. The van der Waals surface area contributed by atoms with Gasteiger partial charge >= 0.3 is 23.9 Å². The van der Waals surface area contributed by atoms with Crippen LogP contribution in [0.5, 0.6) is 23.0 Å². The smallest absolute Gasteiger partial charge is 0.317 e. The molecule has 6 unspecified atom stereocenters. The molecule has 6 atom stereocenters. The van der Waals surface area contributed by atoms with Crippen molar-refractivity contribution in [1.82, 2.24) is 0 Å². The summed E-state index contributed by atoms with van der Waals surface area (Å²) >= 11 is 0. The monoisotopic (exact) mass is 1730 g/mol. The van der Waals surface area contributed by atoms with E-state index in [0.29, 0.717) is 69.8 Å². The van der Waals surface area contributed by atoms with Crippen LogP contribution in [-0.4, -0.2) is 142 Å². The number of hydrogen-bond acceptors (Lipinski definition) is 29. The summed E-state index contributed by atoms with van der Waals surface area (Å²) < 4.78 is 279. The molecule has 0 spiro atoms. The van der Waals surface area contributed by atoms with Crippen LogP contribution >= 0.6 is 0 Å². The predicted octanol–water partition coefficient (Wildman–Crippen LogP) is 9.91. The molecule has 10 aliphatic carbocycles. The first kappa shape index (κ1) is 89.3. The lowest BCUT2D eigenvalue weighted by Gasteiger charge is -2.55. The molecule has 17 rings (SSSR count). The molecule has 0 aromatic heterocycles. The highest BCUT2D eigenvalue weighted by atomic mass is 32.2. The Bertz CT molecular complexity index is 5450. The Morgan fingerprint density at radius 2 is 0.939 bits per heavy atom. The summed E-state index contributed by atoms with van der Waals surface area (Å²) in [5.74, 6) is -13.4. The highest BCUT2D eigenvalue weighted by Crippen LogP contribution is 2.64. The van der Waals surface area contributed by atoms with Gasteiger partial charge in [0.25, 0.3) is 0 Å². The molecule has 29 nitrogen and oxygen atoms in total. The molecule has 1 saturated heterocycles. The first-order chi connectivity index (χ1) is 53.1. The molecule has 6 aromatic rings. The fraction of sp³-hybridized carbons (Fsp3) is 0.493. The van der Waals surface area contributed by atoms with Crippen LogP contribution in [0.4, 0.5) is 22.0 Å². The molecule has 10 saturated carbocycles. The van der Waals surface area contributed by atoms with E-state index in [9.17, 15) is 129 Å². The summed E-state index contributed by atoms with van der Waals surface area (Å²) in [5, 5.41) is 28.3. The standard InChI is InChI=1S/C22H28O9S.C21H28O5S.C10H8O4S.C10H14O4S.C6HF5O3S.C6H6O4S/c23-19(29-1-2-32(26,27)28)15-13-6-14-16(15)20(24)30-17(14)18(13)31-21(25)22-7-10-3-11(8-22)5-12(4-10)9-22;1-12(2)17-8-19(27(23,24)25)13(3)4-18(17)26-20(22)21-9-14-5-15(10-21)7-16(6-14)11-21;11-9-5-6-10(15(12,13)14)8-4-2-1-3-7(8)9;1-6(2)8-5-10(15(12,13)14)7(3)4-9(8)11;7-1-2(8)4(10)6(15(12,13)14)5(11)3(1)9;7-5-1-3-6(4-2-5)11(8,9)10/h10-18H,1-9H2,(H,26,27,28);4,8,12,14-16H,5-7,9-11H2,1-3H3,(H,23,24,25);1-6,11H,(H,12,13,14);4-6,11H,1-3H3,(H,12,13,14);(H,12,13,14);1-4,7H,(H,8,9,10)/p-6. The topological polar surface area (TPSA) is 509 Å². The number of benzene rings is 6. The van der Waals surface area contributed by atoms with Gasteiger partial charge in [0.05, 0.1) is 58.1 Å². The van der Waals surface area contributed by atoms with Gasteiger partial charge < -0.3 is 61.6 Å². The van der Waals surface area contributed by atoms with E-state index >= 15 is 0 Å². The van der Waals surface area contributed by atoms with Gasteiger partial charge in [-0.25, -0.2) is 72.5 Å². The number of hydrogen-bond donors (Lipinski definition) is 3. The first-order valence-corrected chi connectivity index (χ1v) is 44.8. The van der Waals surface area contributed by atoms with E-state index in [4.69, 9.17) is 24.1 Å². The summed E-state index contributed by atoms with van der Waals surface area (Å²) in [6.45, 7) is 9.91. The van der Waals surface area contributed by atoms with Gasteiger partial charge in [-0.15, -0.1) is 0 Å². The molecule has 6 aromatic carbocycles. The van der Waals surface area contributed by atoms with Crippen molar-refractivity contribution in [3.05, 3.63) is 136 Å². The van der Waals surface area contributed by atoms with Gasteiger partial charge in [0.1, 0.15) is 97.3 Å². The number of fused-ring (bicyclic) bond motifs is 2. The van der Waals surface area contributed by atoms with Crippen LogP contribution in [-0.2, 0) is 94.1 Å². The number of rotatable bonds is 15. The number of carbonyl (C=O) groups is 4. The predicted molar refractivity (Wildman–Crippen MR) is 383 cm³/mol. The Kier molecular flexibility index (Phi) is 25.9. The Morgan fingerprint density at radius 3 is 1.37 bits per heavy atom. The van der Waals surface area contributed by atoms with Gasteiger partial charge in [-0.1, -0.05) is 52.0 Å². The number of aromatic hydroxyl groups is 3. The number of esters is 4. The van der Waals surface area contributed by atoms with Gasteiger partial charge in [-0.2, -0.15) is 0 Å². The number of aryl methyl sites for hydroxylation is 2. The van der Waals surface area contributed by atoms with Crippen molar-refractivity contribution in [1.29, 1.82) is 0 Å². The zero-order chi connectivity index (χ0) is 85.3. The van der Waals surface area contributed by atoms with E-state index in [1.807, 2.05) is 27.7 Å². The lowest BCUT2D eigenvalue weighted by atomic mass is 9.49. The molecule has 0 radical (unpaired) electrons. The number of ether oxygens (including phenoxy) is 4. The van der Waals surface area contributed by atoms with Gasteiger partial charge in [0.15, 0.2) is 23.3 Å². The third kappa shape index (κ3) is 19.7. The van der Waals surface area contributed by atoms with E-state index in [1.54, 1.807) is 31.2 Å². The Morgan fingerprint density at radius 1 is 0.504 bits per heavy atom. The maximum Gasteiger partial charge on any atom is 0.317 e. The number of phenols is 3. The van der Waals surface area contributed by atoms with Crippen molar-refractivity contribution >= 4 is 95.4 Å². The molecule has 630 valence electrons. The second-order valence-electron chi connectivity index (χ2n) is 31.5. The second-order valence-corrected chi connectivity index (χ2v) is 39.8. The molecule has 115 heavy (non-hydrogen) atoms. The minimum Gasteiger partial charge on any atom is -0.748 e. The maximum atomic E-state index is 13.5. The lowest BCUT2D eigenvalue weighted by molar-refractivity contribution is -0.187. The quantitative estimate of drug-likeness (QED) is 0.0164. The lowest BCUT2D eigenvalue weighted by Crippen LogP contribution is -2.52. The number of halogens is 5. The molecule has 40 heteroatoms. The van der Waals surface area contributed by atoms with Crippen molar-refractivity contribution in [3.8, 4) is 23.0 Å². The van der Waals surface area contributed by atoms with Crippen molar-refractivity contribution in [3.63, 3.8) is 0 Å². The molecule has 11 fully saturated rings. The Balaban J connectivity index is 0.000000152. The largest absolute Gasteiger partial charge is 0.748 e. The minimum atomic E-state index is -5.77. The van der Waals surface area contributed by atoms with Gasteiger partial charge in [-0.05, 0) is 228 Å². The average Bonchev–Trinajstić information content (AvgIpc) is 1.70. The molecule has 1 aliphatic heterocycles. The third-order valence-electron chi connectivity index (χ3n) is 22.9. The normalized spacial score (nSPS) is 26.5. The van der Waals surface area contributed by atoms with Crippen molar-refractivity contribution in [2.45, 2.75) is 174 Å². The second kappa shape index (κ2) is 33.4. The van der Waals surface area contributed by atoms with E-state index in [1.165, 1.54) is 75.8 Å². The van der Waals surface area contributed by atoms with Gasteiger partial charge in [0.2, 0.25) is 5.82 Å². The van der Waals surface area contributed by atoms with Gasteiger partial charge in [0, 0.05) is 22.6 Å². The Labute approximate surface area is 659 Å². The van der Waals surface area contributed by atoms with E-state index in [-0.39, 0.29) is 82.9 Å². The molecule has 0 amide bonds. The van der Waals surface area contributed by atoms with Crippen LogP contribution in [0.25, 0.3) is 10.8 Å². The molecule has 10 bridgehead atoms. The fourth-order valence-electron chi connectivity index (χ4n) is 18.8. The number of carbonyl (C=O) groups excluding carboxylic acids is 4. The molecule has 3 N–H and O–H groups in total. The third-order valence-corrected chi connectivity index (χ3v) is 28.1. The van der Waals surface area contributed by atoms with Crippen molar-refractivity contribution < 1.29 is 153 Å². The van der Waals surface area contributed by atoms with Crippen LogP contribution in [0.2, 0.25) is 0 Å². The van der Waals surface area contributed by atoms with Crippen LogP contribution < -0.4 is 4.74 Å². The summed E-state index contributed by atoms with van der Waals surface area (Å²) in [6.07, 6.45) is 12.0. The Hall–Kier alpha value is -8.03. The van der Waals surface area contributed by atoms with E-state index < -0.39 is 154 Å². The van der Waals surface area contributed by atoms with E-state index in [2.05, 4.69) is 0 Å². The molecular weight excluding hydrogens is 1650 g/mol. The fourth-order valence-corrected chi connectivity index (χ4v) is 22.3. The van der Waals surface area contributed by atoms with Crippen LogP contribution in [0.3, 0.4) is 0 Å². The highest BCUT2D eigenvalue weighted by molar-refractivity contribution is 7.87. The molecular formula is C75H79F5O29S6-6. The maximum absolute atomic E-state index is 13.5. The van der Waals surface area contributed by atoms with Crippen LogP contribution in [0.1, 0.15) is 145 Å². The minimum absolute atomic E-state index is 0.0231. The summed E-state index contributed by atoms with van der Waals surface area (Å²) in [5.41, 5.74) is 0.829. The van der Waals surface area contributed by atoms with E-state index in [0.717, 1.165) is 68.9 Å². The zero-order valence-electron chi connectivity index (χ0n) is 62.1. The van der Waals surface area contributed by atoms with Crippen molar-refractivity contribution in [2.24, 2.45) is 70.0 Å².